The SMILES string of the molecule is Cc1ccc2nc(Nc3ccc(F)cc3)sc2c1. The van der Waals surface area contributed by atoms with Crippen molar-refractivity contribution in [3.63, 3.8) is 0 Å². The Morgan fingerprint density at radius 2 is 1.89 bits per heavy atom. The zero-order valence-electron chi connectivity index (χ0n) is 9.77. The lowest BCUT2D eigenvalue weighted by molar-refractivity contribution is 0.628. The van der Waals surface area contributed by atoms with E-state index in [1.807, 2.05) is 12.1 Å². The van der Waals surface area contributed by atoms with Gasteiger partial charge in [-0.1, -0.05) is 17.4 Å². The molecule has 0 spiro atoms. The molecule has 2 nitrogen and oxygen atoms in total. The maximum Gasteiger partial charge on any atom is 0.188 e. The Bertz CT molecular complexity index is 689. The quantitative estimate of drug-likeness (QED) is 0.732. The summed E-state index contributed by atoms with van der Waals surface area (Å²) in [5.41, 5.74) is 3.04. The maximum atomic E-state index is 12.8. The zero-order chi connectivity index (χ0) is 12.5. The van der Waals surface area contributed by atoms with Crippen LogP contribution in [0, 0.1) is 12.7 Å². The Morgan fingerprint density at radius 1 is 1.11 bits per heavy atom. The number of nitrogens with zero attached hydrogens (tertiary/aromatic N) is 1. The summed E-state index contributed by atoms with van der Waals surface area (Å²) in [6, 6.07) is 12.4. The van der Waals surface area contributed by atoms with E-state index in [9.17, 15) is 4.39 Å². The first-order valence-electron chi connectivity index (χ1n) is 5.60. The van der Waals surface area contributed by atoms with Gasteiger partial charge in [-0.3, -0.25) is 0 Å². The molecule has 3 rings (SSSR count). The summed E-state index contributed by atoms with van der Waals surface area (Å²) in [5.74, 6) is -0.236. The van der Waals surface area contributed by atoms with Crippen LogP contribution in [0.15, 0.2) is 42.5 Å². The van der Waals surface area contributed by atoms with Gasteiger partial charge in [-0.05, 0) is 48.9 Å². The van der Waals surface area contributed by atoms with Gasteiger partial charge in [-0.2, -0.15) is 0 Å². The lowest BCUT2D eigenvalue weighted by Gasteiger charge is -2.00. The number of fused-ring (bicyclic) bond motifs is 1. The van der Waals surface area contributed by atoms with Crippen LogP contribution in [-0.4, -0.2) is 4.98 Å². The van der Waals surface area contributed by atoms with E-state index in [0.29, 0.717) is 0 Å². The Kier molecular flexibility index (Phi) is 2.72. The molecule has 0 aliphatic rings. The fourth-order valence-corrected chi connectivity index (χ4v) is 2.73. The van der Waals surface area contributed by atoms with Gasteiger partial charge in [0, 0.05) is 5.69 Å². The number of hydrogen-bond acceptors (Lipinski definition) is 3. The smallest absolute Gasteiger partial charge is 0.188 e. The summed E-state index contributed by atoms with van der Waals surface area (Å²) in [6.45, 7) is 2.06. The minimum atomic E-state index is -0.236. The molecule has 0 radical (unpaired) electrons. The third-order valence-corrected chi connectivity index (χ3v) is 3.57. The Labute approximate surface area is 108 Å². The number of thiazole rings is 1. The largest absolute Gasteiger partial charge is 0.332 e. The van der Waals surface area contributed by atoms with Gasteiger partial charge < -0.3 is 5.32 Å². The number of nitrogens with one attached hydrogen (secondary N) is 1. The van der Waals surface area contributed by atoms with Crippen molar-refractivity contribution in [1.82, 2.24) is 4.98 Å². The third-order valence-electron chi connectivity index (χ3n) is 2.64. The predicted octanol–water partition coefficient (Wildman–Crippen LogP) is 4.49. The van der Waals surface area contributed by atoms with Crippen molar-refractivity contribution in [2.75, 3.05) is 5.32 Å². The molecular formula is C14H11FN2S. The number of aromatic nitrogens is 1. The van der Waals surface area contributed by atoms with Crippen molar-refractivity contribution in [1.29, 1.82) is 0 Å². The normalized spacial score (nSPS) is 10.8. The molecular weight excluding hydrogens is 247 g/mol. The monoisotopic (exact) mass is 258 g/mol. The minimum absolute atomic E-state index is 0.236. The second-order valence-electron chi connectivity index (χ2n) is 4.12. The van der Waals surface area contributed by atoms with Crippen molar-refractivity contribution < 1.29 is 4.39 Å². The molecule has 0 amide bonds. The lowest BCUT2D eigenvalue weighted by atomic mass is 10.2. The van der Waals surface area contributed by atoms with Crippen LogP contribution in [0.2, 0.25) is 0 Å². The van der Waals surface area contributed by atoms with Crippen molar-refractivity contribution in [3.8, 4) is 0 Å². The molecule has 0 fully saturated rings. The highest BCUT2D eigenvalue weighted by molar-refractivity contribution is 7.22. The number of halogens is 1. The molecule has 1 heterocycles. The molecule has 0 saturated heterocycles. The van der Waals surface area contributed by atoms with Gasteiger partial charge >= 0.3 is 0 Å². The van der Waals surface area contributed by atoms with Crippen molar-refractivity contribution in [3.05, 3.63) is 53.8 Å². The Morgan fingerprint density at radius 3 is 2.67 bits per heavy atom. The molecule has 0 aliphatic heterocycles. The van der Waals surface area contributed by atoms with Gasteiger partial charge in [0.15, 0.2) is 5.13 Å². The highest BCUT2D eigenvalue weighted by Crippen LogP contribution is 2.28. The van der Waals surface area contributed by atoms with Gasteiger partial charge in [-0.15, -0.1) is 0 Å². The van der Waals surface area contributed by atoms with E-state index in [2.05, 4.69) is 23.3 Å². The molecule has 2 aromatic carbocycles. The van der Waals surface area contributed by atoms with Gasteiger partial charge in [0.25, 0.3) is 0 Å². The molecule has 0 saturated carbocycles. The maximum absolute atomic E-state index is 12.8. The highest BCUT2D eigenvalue weighted by Gasteiger charge is 2.04. The highest BCUT2D eigenvalue weighted by atomic mass is 32.1. The van der Waals surface area contributed by atoms with Crippen LogP contribution >= 0.6 is 11.3 Å². The van der Waals surface area contributed by atoms with E-state index in [1.165, 1.54) is 17.7 Å². The van der Waals surface area contributed by atoms with E-state index in [1.54, 1.807) is 23.5 Å². The Hall–Kier alpha value is -1.94. The minimum Gasteiger partial charge on any atom is -0.332 e. The van der Waals surface area contributed by atoms with Crippen LogP contribution in [0.25, 0.3) is 10.2 Å². The topological polar surface area (TPSA) is 24.9 Å². The van der Waals surface area contributed by atoms with Crippen molar-refractivity contribution >= 4 is 32.4 Å². The lowest BCUT2D eigenvalue weighted by Crippen LogP contribution is -1.88. The Balaban J connectivity index is 1.92. The van der Waals surface area contributed by atoms with E-state index in [4.69, 9.17) is 0 Å². The van der Waals surface area contributed by atoms with Crippen LogP contribution in [0.5, 0.6) is 0 Å². The second kappa shape index (κ2) is 4.38. The van der Waals surface area contributed by atoms with Gasteiger partial charge in [0.05, 0.1) is 10.2 Å². The molecule has 0 unspecified atom stereocenters. The summed E-state index contributed by atoms with van der Waals surface area (Å²) in [5, 5.41) is 4.00. The van der Waals surface area contributed by atoms with Crippen molar-refractivity contribution in [2.24, 2.45) is 0 Å². The molecule has 0 bridgehead atoms. The van der Waals surface area contributed by atoms with Gasteiger partial charge in [-0.25, -0.2) is 9.37 Å². The van der Waals surface area contributed by atoms with E-state index in [-0.39, 0.29) is 5.82 Å². The van der Waals surface area contributed by atoms with E-state index < -0.39 is 0 Å². The second-order valence-corrected chi connectivity index (χ2v) is 5.15. The van der Waals surface area contributed by atoms with Crippen LogP contribution in [0.4, 0.5) is 15.2 Å². The first kappa shape index (κ1) is 11.2. The van der Waals surface area contributed by atoms with Gasteiger partial charge in [0.1, 0.15) is 5.82 Å². The fourth-order valence-electron chi connectivity index (χ4n) is 1.74. The molecule has 90 valence electrons. The van der Waals surface area contributed by atoms with Crippen LogP contribution in [0.3, 0.4) is 0 Å². The number of hydrogen-bond donors (Lipinski definition) is 1. The zero-order valence-corrected chi connectivity index (χ0v) is 10.6. The summed E-state index contributed by atoms with van der Waals surface area (Å²) in [7, 11) is 0. The summed E-state index contributed by atoms with van der Waals surface area (Å²) < 4.78 is 13.9. The average molecular weight is 258 g/mol. The molecule has 4 heteroatoms. The van der Waals surface area contributed by atoms with E-state index >= 15 is 0 Å². The predicted molar refractivity (Wildman–Crippen MR) is 74.0 cm³/mol. The standard InChI is InChI=1S/C14H11FN2S/c1-9-2-7-12-13(8-9)18-14(17-12)16-11-5-3-10(15)4-6-11/h2-8H,1H3,(H,16,17). The van der Waals surface area contributed by atoms with E-state index in [0.717, 1.165) is 21.0 Å². The van der Waals surface area contributed by atoms with Crippen LogP contribution < -0.4 is 5.32 Å². The first-order valence-corrected chi connectivity index (χ1v) is 6.42. The van der Waals surface area contributed by atoms with Crippen molar-refractivity contribution in [2.45, 2.75) is 6.92 Å². The molecule has 18 heavy (non-hydrogen) atoms. The van der Waals surface area contributed by atoms with Crippen LogP contribution in [-0.2, 0) is 0 Å². The number of anilines is 2. The summed E-state index contributed by atoms with van der Waals surface area (Å²) >= 11 is 1.59. The first-order chi connectivity index (χ1) is 8.70. The summed E-state index contributed by atoms with van der Waals surface area (Å²) in [6.07, 6.45) is 0. The third kappa shape index (κ3) is 2.19. The fraction of sp³-hybridized carbons (Fsp3) is 0.0714. The molecule has 3 aromatic rings. The average Bonchev–Trinajstić information content (AvgIpc) is 2.73. The number of rotatable bonds is 2. The van der Waals surface area contributed by atoms with Crippen LogP contribution in [0.1, 0.15) is 5.56 Å². The number of benzene rings is 2. The van der Waals surface area contributed by atoms with Gasteiger partial charge in [0.2, 0.25) is 0 Å². The molecule has 0 atom stereocenters. The summed E-state index contributed by atoms with van der Waals surface area (Å²) in [4.78, 5) is 4.49. The number of aryl methyl sites for hydroxylation is 1. The molecule has 1 aromatic heterocycles. The molecule has 0 aliphatic carbocycles. The molecule has 1 N–H and O–H groups in total.